The summed E-state index contributed by atoms with van der Waals surface area (Å²) in [6.07, 6.45) is 8.13. The van der Waals surface area contributed by atoms with E-state index in [1.54, 1.807) is 0 Å². The summed E-state index contributed by atoms with van der Waals surface area (Å²) in [6.45, 7) is 0. The van der Waals surface area contributed by atoms with Gasteiger partial charge < -0.3 is 10.6 Å². The second-order valence-electron chi connectivity index (χ2n) is 7.16. The molecule has 2 aromatic carbocycles. The van der Waals surface area contributed by atoms with Crippen molar-refractivity contribution in [1.29, 1.82) is 0 Å². The monoisotopic (exact) mass is 348 g/mol. The van der Waals surface area contributed by atoms with Gasteiger partial charge in [0.1, 0.15) is 0 Å². The van der Waals surface area contributed by atoms with E-state index in [-0.39, 0.29) is 6.04 Å². The predicted octanol–water partition coefficient (Wildman–Crippen LogP) is 4.40. The highest BCUT2D eigenvalue weighted by Crippen LogP contribution is 2.38. The molecular weight excluding hydrogens is 324 g/mol. The maximum absolute atomic E-state index is 5.65. The van der Waals surface area contributed by atoms with Crippen LogP contribution in [0.5, 0.6) is 0 Å². The molecule has 0 unspecified atom stereocenters. The maximum Gasteiger partial charge on any atom is 0.167 e. The zero-order chi connectivity index (χ0) is 17.1. The second-order valence-corrected chi connectivity index (χ2v) is 7.57. The van der Waals surface area contributed by atoms with Crippen LogP contribution in [-0.2, 0) is 6.42 Å². The van der Waals surface area contributed by atoms with Gasteiger partial charge in [-0.15, -0.1) is 0 Å². The first kappa shape index (κ1) is 16.3. The molecule has 0 amide bonds. The minimum Gasteiger partial charge on any atom is -0.359 e. The Hall–Kier alpha value is -2.13. The summed E-state index contributed by atoms with van der Waals surface area (Å²) in [4.78, 5) is 0. The fourth-order valence-electron chi connectivity index (χ4n) is 4.10. The van der Waals surface area contributed by atoms with Crippen LogP contribution in [-0.4, -0.2) is 11.2 Å². The van der Waals surface area contributed by atoms with E-state index in [1.165, 1.54) is 24.0 Å². The van der Waals surface area contributed by atoms with Crippen LogP contribution in [0.25, 0.3) is 0 Å². The molecule has 0 aromatic heterocycles. The lowest BCUT2D eigenvalue weighted by Crippen LogP contribution is -2.45. The van der Waals surface area contributed by atoms with Crippen molar-refractivity contribution in [3.8, 4) is 0 Å². The minimum atomic E-state index is 0.178. The van der Waals surface area contributed by atoms with Crippen LogP contribution in [0.3, 0.4) is 0 Å². The predicted molar refractivity (Wildman–Crippen MR) is 107 cm³/mol. The largest absolute Gasteiger partial charge is 0.359 e. The molecule has 4 rings (SSSR count). The molecule has 25 heavy (non-hydrogen) atoms. The number of allylic oxidation sites excluding steroid dienone is 1. The van der Waals surface area contributed by atoms with Gasteiger partial charge >= 0.3 is 0 Å². The number of benzene rings is 2. The lowest BCUT2D eigenvalue weighted by molar-refractivity contribution is 0.511. The maximum atomic E-state index is 5.65. The first-order valence-electron chi connectivity index (χ1n) is 9.12. The lowest BCUT2D eigenvalue weighted by Gasteiger charge is -2.26. The Morgan fingerprint density at radius 2 is 1.68 bits per heavy atom. The molecule has 2 nitrogen and oxygen atoms in total. The molecule has 1 saturated carbocycles. The van der Waals surface area contributed by atoms with Gasteiger partial charge in [-0.1, -0.05) is 72.8 Å². The number of thiocarbonyl (C=S) groups is 1. The lowest BCUT2D eigenvalue weighted by atomic mass is 9.99. The van der Waals surface area contributed by atoms with Crippen molar-refractivity contribution in [2.45, 2.75) is 31.3 Å². The minimum absolute atomic E-state index is 0.178. The Morgan fingerprint density at radius 1 is 0.960 bits per heavy atom. The SMILES string of the molecule is S=C(N[C@H](Cc1ccccc1)c1ccccc1)N[C@@H]1C[C@H]2C=C[C@H]1C2. The molecule has 2 bridgehead atoms. The van der Waals surface area contributed by atoms with Crippen LogP contribution in [0.1, 0.15) is 30.0 Å². The highest BCUT2D eigenvalue weighted by atomic mass is 32.1. The standard InChI is InChI=1S/C22H24N2S/c25-22(24-21-15-17-11-12-19(21)13-17)23-20(18-9-5-2-6-10-18)14-16-7-3-1-4-8-16/h1-12,17,19-21H,13-15H2,(H2,23,24,25)/t17-,19-,20+,21+/m0/s1. The van der Waals surface area contributed by atoms with Crippen LogP contribution in [0.15, 0.2) is 72.8 Å². The molecule has 0 aliphatic heterocycles. The Morgan fingerprint density at radius 3 is 2.32 bits per heavy atom. The summed E-state index contributed by atoms with van der Waals surface area (Å²) in [6, 6.07) is 21.8. The van der Waals surface area contributed by atoms with Gasteiger partial charge in [0.15, 0.2) is 5.11 Å². The van der Waals surface area contributed by atoms with Crippen molar-refractivity contribution < 1.29 is 0 Å². The van der Waals surface area contributed by atoms with E-state index < -0.39 is 0 Å². The fraction of sp³-hybridized carbons (Fsp3) is 0.318. The number of fused-ring (bicyclic) bond motifs is 2. The molecule has 4 atom stereocenters. The number of hydrogen-bond acceptors (Lipinski definition) is 1. The highest BCUT2D eigenvalue weighted by molar-refractivity contribution is 7.80. The van der Waals surface area contributed by atoms with Gasteiger partial charge in [-0.3, -0.25) is 0 Å². The molecule has 3 heteroatoms. The van der Waals surface area contributed by atoms with Gasteiger partial charge in [0, 0.05) is 6.04 Å². The third kappa shape index (κ3) is 3.93. The molecule has 1 fully saturated rings. The van der Waals surface area contributed by atoms with Gasteiger partial charge in [0.25, 0.3) is 0 Å². The molecule has 2 aliphatic carbocycles. The first-order valence-corrected chi connectivity index (χ1v) is 9.53. The number of rotatable bonds is 5. The van der Waals surface area contributed by atoms with Crippen LogP contribution in [0.4, 0.5) is 0 Å². The summed E-state index contributed by atoms with van der Waals surface area (Å²) < 4.78 is 0. The van der Waals surface area contributed by atoms with Crippen molar-refractivity contribution in [3.63, 3.8) is 0 Å². The first-order chi connectivity index (χ1) is 12.3. The van der Waals surface area contributed by atoms with E-state index >= 15 is 0 Å². The van der Waals surface area contributed by atoms with E-state index in [0.29, 0.717) is 12.0 Å². The van der Waals surface area contributed by atoms with E-state index in [4.69, 9.17) is 12.2 Å². The molecule has 0 radical (unpaired) electrons. The molecule has 128 valence electrons. The van der Waals surface area contributed by atoms with Crippen molar-refractivity contribution in [2.24, 2.45) is 11.8 Å². The smallest absolute Gasteiger partial charge is 0.167 e. The Labute approximate surface area is 155 Å². The molecule has 2 aliphatic rings. The van der Waals surface area contributed by atoms with E-state index in [2.05, 4.69) is 83.4 Å². The van der Waals surface area contributed by atoms with Gasteiger partial charge in [0.2, 0.25) is 0 Å². The van der Waals surface area contributed by atoms with Crippen molar-refractivity contribution in [1.82, 2.24) is 10.6 Å². The van der Waals surface area contributed by atoms with Gasteiger partial charge in [-0.2, -0.15) is 0 Å². The average molecular weight is 349 g/mol. The van der Waals surface area contributed by atoms with E-state index in [9.17, 15) is 0 Å². The average Bonchev–Trinajstić information content (AvgIpc) is 3.26. The van der Waals surface area contributed by atoms with Gasteiger partial charge in [0.05, 0.1) is 6.04 Å². The van der Waals surface area contributed by atoms with Crippen LogP contribution < -0.4 is 10.6 Å². The number of hydrogen-bond donors (Lipinski definition) is 2. The zero-order valence-electron chi connectivity index (χ0n) is 14.3. The second kappa shape index (κ2) is 7.40. The fourth-order valence-corrected chi connectivity index (χ4v) is 4.40. The molecule has 0 saturated heterocycles. The van der Waals surface area contributed by atoms with Crippen molar-refractivity contribution >= 4 is 17.3 Å². The van der Waals surface area contributed by atoms with Crippen molar-refractivity contribution in [3.05, 3.63) is 83.9 Å². The molecule has 0 spiro atoms. The summed E-state index contributed by atoms with van der Waals surface area (Å²) in [5.74, 6) is 1.40. The molecule has 2 N–H and O–H groups in total. The van der Waals surface area contributed by atoms with Crippen LogP contribution in [0, 0.1) is 11.8 Å². The number of nitrogens with one attached hydrogen (secondary N) is 2. The molecule has 0 heterocycles. The summed E-state index contributed by atoms with van der Waals surface area (Å²) >= 11 is 5.65. The van der Waals surface area contributed by atoms with E-state index in [1.807, 2.05) is 0 Å². The Kier molecular flexibility index (Phi) is 4.84. The Balaban J connectivity index is 1.44. The van der Waals surface area contributed by atoms with Crippen LogP contribution in [0.2, 0.25) is 0 Å². The Bertz CT molecular complexity index is 741. The zero-order valence-corrected chi connectivity index (χ0v) is 15.1. The third-order valence-electron chi connectivity index (χ3n) is 5.39. The molecular formula is C22H24N2S. The highest BCUT2D eigenvalue weighted by Gasteiger charge is 2.36. The summed E-state index contributed by atoms with van der Waals surface area (Å²) in [5, 5.41) is 7.90. The normalized spacial score (nSPS) is 24.9. The summed E-state index contributed by atoms with van der Waals surface area (Å²) in [5.41, 5.74) is 2.58. The molecule has 2 aromatic rings. The quantitative estimate of drug-likeness (QED) is 0.619. The summed E-state index contributed by atoms with van der Waals surface area (Å²) in [7, 11) is 0. The third-order valence-corrected chi connectivity index (χ3v) is 5.62. The van der Waals surface area contributed by atoms with E-state index in [0.717, 1.165) is 17.5 Å². The van der Waals surface area contributed by atoms with Gasteiger partial charge in [-0.25, -0.2) is 0 Å². The van der Waals surface area contributed by atoms with Gasteiger partial charge in [-0.05, 0) is 54.4 Å². The van der Waals surface area contributed by atoms with Crippen molar-refractivity contribution in [2.75, 3.05) is 0 Å². The topological polar surface area (TPSA) is 24.1 Å². The van der Waals surface area contributed by atoms with Crippen LogP contribution >= 0.6 is 12.2 Å².